The summed E-state index contributed by atoms with van der Waals surface area (Å²) >= 11 is 0. The highest BCUT2D eigenvalue weighted by Crippen LogP contribution is 2.28. The third-order valence-corrected chi connectivity index (χ3v) is 5.93. The fourth-order valence-corrected chi connectivity index (χ4v) is 4.36. The third-order valence-electron chi connectivity index (χ3n) is 5.93. The van der Waals surface area contributed by atoms with Crippen LogP contribution in [-0.4, -0.2) is 45.3 Å². The smallest absolute Gasteiger partial charge is 0.237 e. The molecular weight excluding hydrogens is 378 g/mol. The van der Waals surface area contributed by atoms with Crippen LogP contribution in [0.1, 0.15) is 24.6 Å². The van der Waals surface area contributed by atoms with Crippen LogP contribution >= 0.6 is 0 Å². The summed E-state index contributed by atoms with van der Waals surface area (Å²) in [5.74, 6) is -0.187. The molecule has 1 aliphatic rings. The topological polar surface area (TPSA) is 104 Å². The number of benzene rings is 1. The fraction of sp³-hybridized carbons (Fsp3) is 0.348. The number of hydrogen-bond donors (Lipinski definition) is 3. The van der Waals surface area contributed by atoms with Crippen molar-refractivity contribution < 1.29 is 9.59 Å². The number of primary amides is 1. The van der Waals surface area contributed by atoms with Crippen LogP contribution in [0.5, 0.6) is 0 Å². The van der Waals surface area contributed by atoms with Gasteiger partial charge in [0.25, 0.3) is 0 Å². The molecule has 156 valence electrons. The molecule has 2 unspecified atom stereocenters. The third kappa shape index (κ3) is 4.36. The van der Waals surface area contributed by atoms with Gasteiger partial charge >= 0.3 is 0 Å². The van der Waals surface area contributed by atoms with Crippen molar-refractivity contribution in [2.75, 3.05) is 6.54 Å². The van der Waals surface area contributed by atoms with E-state index in [9.17, 15) is 9.59 Å². The predicted octanol–water partition coefficient (Wildman–Crippen LogP) is 1.99. The molecule has 4 N–H and O–H groups in total. The highest BCUT2D eigenvalue weighted by Gasteiger charge is 2.40. The average molecular weight is 406 g/mol. The van der Waals surface area contributed by atoms with Gasteiger partial charge in [-0.2, -0.15) is 0 Å². The van der Waals surface area contributed by atoms with Gasteiger partial charge in [-0.1, -0.05) is 30.3 Å². The molecule has 3 heterocycles. The monoisotopic (exact) mass is 405 g/mol. The van der Waals surface area contributed by atoms with Gasteiger partial charge < -0.3 is 16.0 Å². The number of nitrogens with two attached hydrogens (primary N) is 1. The summed E-state index contributed by atoms with van der Waals surface area (Å²) < 4.78 is 0. The average Bonchev–Trinajstić information content (AvgIpc) is 3.36. The highest BCUT2D eigenvalue weighted by atomic mass is 16.2. The van der Waals surface area contributed by atoms with Gasteiger partial charge in [0.15, 0.2) is 0 Å². The van der Waals surface area contributed by atoms with Crippen molar-refractivity contribution in [1.82, 2.24) is 20.2 Å². The second-order valence-corrected chi connectivity index (χ2v) is 8.06. The van der Waals surface area contributed by atoms with Crippen LogP contribution in [0, 0.1) is 5.92 Å². The zero-order valence-electron chi connectivity index (χ0n) is 17.0. The molecule has 3 atom stereocenters. The number of fused-ring (bicyclic) bond motifs is 1. The molecule has 1 aliphatic heterocycles. The molecule has 7 heteroatoms. The number of rotatable bonds is 7. The molecule has 0 bridgehead atoms. The van der Waals surface area contributed by atoms with Crippen molar-refractivity contribution in [1.29, 1.82) is 0 Å². The Bertz CT molecular complexity index is 999. The summed E-state index contributed by atoms with van der Waals surface area (Å²) in [5.41, 5.74) is 8.80. The molecule has 1 fully saturated rings. The van der Waals surface area contributed by atoms with Crippen molar-refractivity contribution >= 4 is 22.7 Å². The molecule has 0 radical (unpaired) electrons. The number of aromatic amines is 1. The molecular formula is C23H27N5O2. The van der Waals surface area contributed by atoms with Gasteiger partial charge in [0, 0.05) is 35.5 Å². The number of hydrogen-bond acceptors (Lipinski definition) is 4. The maximum Gasteiger partial charge on any atom is 0.237 e. The van der Waals surface area contributed by atoms with Gasteiger partial charge in [0.1, 0.15) is 0 Å². The van der Waals surface area contributed by atoms with Gasteiger partial charge in [-0.15, -0.1) is 0 Å². The molecule has 4 rings (SSSR count). The number of H-pyrrole nitrogens is 1. The minimum Gasteiger partial charge on any atom is -0.368 e. The van der Waals surface area contributed by atoms with Crippen LogP contribution < -0.4 is 11.1 Å². The summed E-state index contributed by atoms with van der Waals surface area (Å²) in [5, 5.41) is 3.98. The van der Waals surface area contributed by atoms with Gasteiger partial charge in [-0.05, 0) is 43.4 Å². The first-order valence-electron chi connectivity index (χ1n) is 10.3. The molecule has 0 spiro atoms. The molecule has 0 saturated carbocycles. The number of pyridine rings is 1. The molecule has 2 aromatic heterocycles. The summed E-state index contributed by atoms with van der Waals surface area (Å²) in [6, 6.07) is 13.2. The SMILES string of the molecule is C[C@@H](C(=O)NCc1cc2cnccc2[nH]1)N1CC(Cc2ccccc2)CC1C(N)=O. The van der Waals surface area contributed by atoms with Crippen LogP contribution in [-0.2, 0) is 22.6 Å². The first kappa shape index (κ1) is 20.1. The molecule has 7 nitrogen and oxygen atoms in total. The van der Waals surface area contributed by atoms with Crippen LogP contribution in [0.15, 0.2) is 54.9 Å². The fourth-order valence-electron chi connectivity index (χ4n) is 4.36. The van der Waals surface area contributed by atoms with E-state index in [0.29, 0.717) is 25.4 Å². The van der Waals surface area contributed by atoms with E-state index in [1.807, 2.05) is 42.2 Å². The second-order valence-electron chi connectivity index (χ2n) is 8.06. The Hall–Kier alpha value is -3.19. The highest BCUT2D eigenvalue weighted by molar-refractivity contribution is 5.85. The lowest BCUT2D eigenvalue weighted by molar-refractivity contribution is -0.129. The van der Waals surface area contributed by atoms with Gasteiger partial charge in [-0.25, -0.2) is 0 Å². The Kier molecular flexibility index (Phi) is 5.81. The number of nitrogens with one attached hydrogen (secondary N) is 2. The van der Waals surface area contributed by atoms with E-state index in [1.165, 1.54) is 5.56 Å². The minimum atomic E-state index is -0.436. The van der Waals surface area contributed by atoms with E-state index in [1.54, 1.807) is 12.4 Å². The molecule has 30 heavy (non-hydrogen) atoms. The summed E-state index contributed by atoms with van der Waals surface area (Å²) in [4.78, 5) is 34.2. The van der Waals surface area contributed by atoms with E-state index in [0.717, 1.165) is 23.0 Å². The molecule has 0 aliphatic carbocycles. The summed E-state index contributed by atoms with van der Waals surface area (Å²) in [6.07, 6.45) is 5.07. The van der Waals surface area contributed by atoms with Crippen molar-refractivity contribution in [2.45, 2.75) is 38.4 Å². The van der Waals surface area contributed by atoms with Crippen molar-refractivity contribution in [3.63, 3.8) is 0 Å². The maximum atomic E-state index is 12.8. The van der Waals surface area contributed by atoms with E-state index in [4.69, 9.17) is 5.73 Å². The lowest BCUT2D eigenvalue weighted by atomic mass is 9.97. The first-order valence-corrected chi connectivity index (χ1v) is 10.3. The minimum absolute atomic E-state index is 0.113. The van der Waals surface area contributed by atoms with E-state index < -0.39 is 12.1 Å². The second kappa shape index (κ2) is 8.67. The Balaban J connectivity index is 1.39. The summed E-state index contributed by atoms with van der Waals surface area (Å²) in [7, 11) is 0. The zero-order valence-corrected chi connectivity index (χ0v) is 17.0. The quantitative estimate of drug-likeness (QED) is 0.559. The van der Waals surface area contributed by atoms with Crippen LogP contribution in [0.2, 0.25) is 0 Å². The molecule has 1 aromatic carbocycles. The maximum absolute atomic E-state index is 12.8. The predicted molar refractivity (Wildman–Crippen MR) is 115 cm³/mol. The number of aromatic nitrogens is 2. The number of amides is 2. The number of likely N-dealkylation sites (tertiary alicyclic amines) is 1. The normalized spacial score (nSPS) is 20.3. The lowest BCUT2D eigenvalue weighted by Gasteiger charge is -2.28. The van der Waals surface area contributed by atoms with E-state index in [-0.39, 0.29) is 11.8 Å². The van der Waals surface area contributed by atoms with Gasteiger partial charge in [0.05, 0.1) is 18.6 Å². The van der Waals surface area contributed by atoms with Crippen LogP contribution in [0.3, 0.4) is 0 Å². The largest absolute Gasteiger partial charge is 0.368 e. The Morgan fingerprint density at radius 2 is 2.10 bits per heavy atom. The number of nitrogens with zero attached hydrogens (tertiary/aromatic N) is 2. The van der Waals surface area contributed by atoms with Gasteiger partial charge in [0.2, 0.25) is 11.8 Å². The van der Waals surface area contributed by atoms with Crippen LogP contribution in [0.25, 0.3) is 10.9 Å². The van der Waals surface area contributed by atoms with Gasteiger partial charge in [-0.3, -0.25) is 19.5 Å². The van der Waals surface area contributed by atoms with E-state index in [2.05, 4.69) is 27.4 Å². The van der Waals surface area contributed by atoms with Crippen molar-refractivity contribution in [3.8, 4) is 0 Å². The Morgan fingerprint density at radius 3 is 2.83 bits per heavy atom. The van der Waals surface area contributed by atoms with Crippen LogP contribution in [0.4, 0.5) is 0 Å². The lowest BCUT2D eigenvalue weighted by Crippen LogP contribution is -2.51. The standard InChI is InChI=1S/C23H27N5O2/c1-15(23(30)26-13-19-11-18-12-25-8-7-20(18)27-19)28-14-17(10-21(28)22(24)29)9-16-5-3-2-4-6-16/h2-8,11-12,15,17,21,27H,9-10,13-14H2,1H3,(H2,24,29)(H,26,30)/t15-,17?,21?/m0/s1. The number of carbonyl (C=O) groups excluding carboxylic acids is 2. The molecule has 1 saturated heterocycles. The Labute approximate surface area is 175 Å². The first-order chi connectivity index (χ1) is 14.5. The molecule has 3 aromatic rings. The number of carbonyl (C=O) groups is 2. The Morgan fingerprint density at radius 1 is 1.30 bits per heavy atom. The van der Waals surface area contributed by atoms with E-state index >= 15 is 0 Å². The van der Waals surface area contributed by atoms with Crippen molar-refractivity contribution in [2.24, 2.45) is 11.7 Å². The van der Waals surface area contributed by atoms with Crippen molar-refractivity contribution in [3.05, 3.63) is 66.1 Å². The summed E-state index contributed by atoms with van der Waals surface area (Å²) in [6.45, 7) is 2.90. The molecule has 2 amide bonds. The zero-order chi connectivity index (χ0) is 21.1.